The standard InChI is InChI=1S/C45H77O13P/c1-3-5-7-9-11-13-15-17-18-19-20-22-23-25-27-29-31-33-38(46)55-35-37(36-56-59(53,54)58-45-43(51)41(49)40(48)42(50)44(45)52)57-39(47)34-32-30-28-26-24-21-16-14-12-10-8-6-4-2/h6,8,10-14,16-18,37,40-45,48-52H,3-5,7,9,15,19-36H2,1-2H3,(H,53,54)/b8-6+,12-10+,13-11+,16-14+,18-17+/t37?,40?,41-,42?,43?,44?,45?/m0/s1. The topological polar surface area (TPSA) is 210 Å². The van der Waals surface area contributed by atoms with Crippen LogP contribution in [0.5, 0.6) is 0 Å². The summed E-state index contributed by atoms with van der Waals surface area (Å²) in [6.07, 6.45) is 28.5. The van der Waals surface area contributed by atoms with E-state index in [4.69, 9.17) is 18.5 Å². The Morgan fingerprint density at radius 2 is 1.03 bits per heavy atom. The molecule has 1 saturated carbocycles. The summed E-state index contributed by atoms with van der Waals surface area (Å²) in [4.78, 5) is 35.6. The number of phosphoric ester groups is 1. The molecule has 8 atom stereocenters. The van der Waals surface area contributed by atoms with Crippen LogP contribution in [0.15, 0.2) is 60.8 Å². The Morgan fingerprint density at radius 1 is 0.559 bits per heavy atom. The molecule has 340 valence electrons. The Hall–Kier alpha value is -2.45. The predicted molar refractivity (Wildman–Crippen MR) is 230 cm³/mol. The van der Waals surface area contributed by atoms with Crippen molar-refractivity contribution in [1.82, 2.24) is 0 Å². The maximum atomic E-state index is 12.8. The fourth-order valence-electron chi connectivity index (χ4n) is 6.32. The monoisotopic (exact) mass is 857 g/mol. The molecule has 0 aromatic carbocycles. The lowest BCUT2D eigenvalue weighted by atomic mass is 9.85. The summed E-state index contributed by atoms with van der Waals surface area (Å²) in [6, 6.07) is 0. The molecule has 0 heterocycles. The molecular weight excluding hydrogens is 779 g/mol. The van der Waals surface area contributed by atoms with Crippen LogP contribution < -0.4 is 0 Å². The number of aliphatic hydroxyl groups excluding tert-OH is 5. The normalized spacial score (nSPS) is 22.9. The van der Waals surface area contributed by atoms with Gasteiger partial charge in [-0.2, -0.15) is 0 Å². The number of ether oxygens (including phenoxy) is 2. The summed E-state index contributed by atoms with van der Waals surface area (Å²) >= 11 is 0. The van der Waals surface area contributed by atoms with Crippen molar-refractivity contribution in [1.29, 1.82) is 0 Å². The lowest BCUT2D eigenvalue weighted by Crippen LogP contribution is -2.64. The van der Waals surface area contributed by atoms with Crippen molar-refractivity contribution in [2.45, 2.75) is 198 Å². The summed E-state index contributed by atoms with van der Waals surface area (Å²) in [6.45, 7) is 3.10. The molecule has 13 nitrogen and oxygen atoms in total. The predicted octanol–water partition coefficient (Wildman–Crippen LogP) is 8.16. The van der Waals surface area contributed by atoms with Gasteiger partial charge >= 0.3 is 19.8 Å². The van der Waals surface area contributed by atoms with Crippen molar-refractivity contribution in [3.8, 4) is 0 Å². The van der Waals surface area contributed by atoms with Crippen molar-refractivity contribution in [3.63, 3.8) is 0 Å². The third kappa shape index (κ3) is 27.9. The van der Waals surface area contributed by atoms with Crippen molar-refractivity contribution < 1.29 is 63.1 Å². The van der Waals surface area contributed by atoms with Crippen LogP contribution >= 0.6 is 7.82 Å². The Morgan fingerprint density at radius 3 is 1.59 bits per heavy atom. The van der Waals surface area contributed by atoms with Crippen LogP contribution in [-0.2, 0) is 32.7 Å². The van der Waals surface area contributed by atoms with Crippen molar-refractivity contribution in [3.05, 3.63) is 60.8 Å². The second-order valence-corrected chi connectivity index (χ2v) is 16.6. The van der Waals surface area contributed by atoms with Crippen LogP contribution in [-0.4, -0.2) is 98.3 Å². The first-order valence-corrected chi connectivity index (χ1v) is 23.6. The minimum atomic E-state index is -5.13. The highest BCUT2D eigenvalue weighted by molar-refractivity contribution is 7.47. The Bertz CT molecular complexity index is 1270. The first-order chi connectivity index (χ1) is 28.4. The SMILES string of the molecule is CC/C=C/C=C/C=C/CCCCCCCC(=O)OC(COC(=O)CCCCCCCCC/C=C/C/C=C/CCCCC)COP(=O)(O)OC1C(O)C(O)C(O)[C@H](O)C1O. The van der Waals surface area contributed by atoms with E-state index in [0.29, 0.717) is 12.8 Å². The van der Waals surface area contributed by atoms with Gasteiger partial charge < -0.3 is 39.9 Å². The molecule has 0 bridgehead atoms. The van der Waals surface area contributed by atoms with E-state index in [9.17, 15) is 44.6 Å². The smallest absolute Gasteiger partial charge is 0.462 e. The fraction of sp³-hybridized carbons (Fsp3) is 0.733. The largest absolute Gasteiger partial charge is 0.472 e. The van der Waals surface area contributed by atoms with Gasteiger partial charge in [-0.1, -0.05) is 139 Å². The number of allylic oxidation sites excluding steroid dienone is 10. The second-order valence-electron chi connectivity index (χ2n) is 15.2. The van der Waals surface area contributed by atoms with Gasteiger partial charge in [-0.3, -0.25) is 18.6 Å². The summed E-state index contributed by atoms with van der Waals surface area (Å²) in [5.74, 6) is -1.14. The minimum Gasteiger partial charge on any atom is -0.462 e. The molecule has 1 aliphatic rings. The molecule has 0 amide bonds. The molecule has 14 heteroatoms. The van der Waals surface area contributed by atoms with Gasteiger partial charge in [0.25, 0.3) is 0 Å². The third-order valence-electron chi connectivity index (χ3n) is 9.90. The van der Waals surface area contributed by atoms with Gasteiger partial charge in [0.2, 0.25) is 0 Å². The highest BCUT2D eigenvalue weighted by Crippen LogP contribution is 2.47. The molecule has 59 heavy (non-hydrogen) atoms. The van der Waals surface area contributed by atoms with E-state index in [0.717, 1.165) is 96.3 Å². The molecule has 0 spiro atoms. The van der Waals surface area contributed by atoms with Gasteiger partial charge in [-0.25, -0.2) is 4.57 Å². The Labute approximate surface area is 353 Å². The summed E-state index contributed by atoms with van der Waals surface area (Å²) in [5.41, 5.74) is 0. The van der Waals surface area contributed by atoms with Crippen LogP contribution in [0, 0.1) is 0 Å². The van der Waals surface area contributed by atoms with E-state index in [1.807, 2.05) is 24.3 Å². The average Bonchev–Trinajstić information content (AvgIpc) is 3.21. The molecule has 7 unspecified atom stereocenters. The number of carbonyl (C=O) groups is 2. The number of aliphatic hydroxyl groups is 5. The zero-order valence-electron chi connectivity index (χ0n) is 35.8. The highest BCUT2D eigenvalue weighted by atomic mass is 31.2. The molecule has 1 fully saturated rings. The first kappa shape index (κ1) is 54.6. The number of rotatable bonds is 35. The number of phosphoric acid groups is 1. The molecule has 0 radical (unpaired) electrons. The minimum absolute atomic E-state index is 0.0693. The molecular formula is C45H77O13P. The highest BCUT2D eigenvalue weighted by Gasteiger charge is 2.51. The number of esters is 2. The van der Waals surface area contributed by atoms with Gasteiger partial charge in [0.15, 0.2) is 6.10 Å². The van der Waals surface area contributed by atoms with Crippen molar-refractivity contribution in [2.24, 2.45) is 0 Å². The summed E-state index contributed by atoms with van der Waals surface area (Å²) in [7, 11) is -5.13. The number of unbranched alkanes of at least 4 members (excludes halogenated alkanes) is 15. The summed E-state index contributed by atoms with van der Waals surface area (Å²) in [5, 5.41) is 50.1. The number of hydrogen-bond donors (Lipinski definition) is 6. The Balaban J connectivity index is 2.49. The van der Waals surface area contributed by atoms with Crippen LogP contribution in [0.3, 0.4) is 0 Å². The number of hydrogen-bond acceptors (Lipinski definition) is 12. The second kappa shape index (κ2) is 35.2. The van der Waals surface area contributed by atoms with E-state index >= 15 is 0 Å². The van der Waals surface area contributed by atoms with Crippen molar-refractivity contribution in [2.75, 3.05) is 13.2 Å². The van der Waals surface area contributed by atoms with E-state index in [1.165, 1.54) is 19.3 Å². The lowest BCUT2D eigenvalue weighted by Gasteiger charge is -2.41. The zero-order chi connectivity index (χ0) is 43.6. The molecule has 1 rings (SSSR count). The number of carbonyl (C=O) groups excluding carboxylic acids is 2. The maximum Gasteiger partial charge on any atom is 0.472 e. The molecule has 0 saturated heterocycles. The van der Waals surface area contributed by atoms with Gasteiger partial charge in [0.1, 0.15) is 43.2 Å². The van der Waals surface area contributed by atoms with E-state index in [1.54, 1.807) is 0 Å². The molecule has 6 N–H and O–H groups in total. The molecule has 0 aliphatic heterocycles. The van der Waals surface area contributed by atoms with E-state index in [2.05, 4.69) is 50.3 Å². The fourth-order valence-corrected chi connectivity index (χ4v) is 7.29. The van der Waals surface area contributed by atoms with Crippen LogP contribution in [0.1, 0.15) is 155 Å². The van der Waals surface area contributed by atoms with Gasteiger partial charge in [0.05, 0.1) is 6.61 Å². The van der Waals surface area contributed by atoms with Crippen LogP contribution in [0.2, 0.25) is 0 Å². The average molecular weight is 857 g/mol. The quantitative estimate of drug-likeness (QED) is 0.0117. The zero-order valence-corrected chi connectivity index (χ0v) is 36.7. The molecule has 0 aromatic rings. The van der Waals surface area contributed by atoms with Gasteiger partial charge in [-0.05, 0) is 64.2 Å². The van der Waals surface area contributed by atoms with Crippen molar-refractivity contribution >= 4 is 19.8 Å². The molecule has 1 aliphatic carbocycles. The lowest BCUT2D eigenvalue weighted by molar-refractivity contribution is -0.220. The molecule has 0 aromatic heterocycles. The van der Waals surface area contributed by atoms with Crippen LogP contribution in [0.4, 0.5) is 0 Å². The van der Waals surface area contributed by atoms with Gasteiger partial charge in [0, 0.05) is 12.8 Å². The third-order valence-corrected chi connectivity index (χ3v) is 10.9. The first-order valence-electron chi connectivity index (χ1n) is 22.1. The van der Waals surface area contributed by atoms with Gasteiger partial charge in [-0.15, -0.1) is 0 Å². The Kier molecular flexibility index (Phi) is 32.5. The van der Waals surface area contributed by atoms with E-state index < -0.39 is 75.7 Å². The van der Waals surface area contributed by atoms with Crippen LogP contribution in [0.25, 0.3) is 0 Å². The van der Waals surface area contributed by atoms with E-state index in [-0.39, 0.29) is 12.8 Å². The summed E-state index contributed by atoms with van der Waals surface area (Å²) < 4.78 is 33.4. The maximum absolute atomic E-state index is 12.8.